The summed E-state index contributed by atoms with van der Waals surface area (Å²) in [5, 5.41) is 0. The van der Waals surface area contributed by atoms with Gasteiger partial charge in [0.05, 0.1) is 11.6 Å². The number of nitrogens with zero attached hydrogens (tertiary/aromatic N) is 1. The lowest BCUT2D eigenvalue weighted by molar-refractivity contribution is -0.133. The molecule has 0 spiro atoms. The molecule has 1 atom stereocenters. The normalized spacial score (nSPS) is 29.3. The van der Waals surface area contributed by atoms with Gasteiger partial charge in [-0.05, 0) is 26.2 Å². The third-order valence-corrected chi connectivity index (χ3v) is 3.05. The van der Waals surface area contributed by atoms with E-state index in [1.165, 1.54) is 0 Å². The van der Waals surface area contributed by atoms with Crippen LogP contribution < -0.4 is 5.73 Å². The van der Waals surface area contributed by atoms with Crippen molar-refractivity contribution in [3.8, 4) is 0 Å². The van der Waals surface area contributed by atoms with Crippen LogP contribution in [0.3, 0.4) is 0 Å². The van der Waals surface area contributed by atoms with Crippen molar-refractivity contribution < 1.29 is 9.53 Å². The Bertz CT molecular complexity index is 238. The van der Waals surface area contributed by atoms with Crippen molar-refractivity contribution in [1.29, 1.82) is 0 Å². The van der Waals surface area contributed by atoms with Crippen LogP contribution in [0.25, 0.3) is 0 Å². The summed E-state index contributed by atoms with van der Waals surface area (Å²) < 4.78 is 5.48. The largest absolute Gasteiger partial charge is 0.377 e. The Morgan fingerprint density at radius 1 is 1.64 bits per heavy atom. The van der Waals surface area contributed by atoms with Crippen LogP contribution in [0.4, 0.5) is 0 Å². The first-order chi connectivity index (χ1) is 6.65. The maximum atomic E-state index is 11.8. The molecule has 2 aliphatic rings. The van der Waals surface area contributed by atoms with Gasteiger partial charge >= 0.3 is 0 Å². The third kappa shape index (κ3) is 1.77. The van der Waals surface area contributed by atoms with E-state index < -0.39 is 5.54 Å². The van der Waals surface area contributed by atoms with E-state index in [-0.39, 0.29) is 12.0 Å². The topological polar surface area (TPSA) is 55.6 Å². The number of rotatable bonds is 3. The number of ether oxygens (including phenoxy) is 1. The van der Waals surface area contributed by atoms with Crippen LogP contribution in [0.15, 0.2) is 0 Å². The zero-order chi connectivity index (χ0) is 10.2. The molecule has 0 radical (unpaired) electrons. The molecule has 4 nitrogen and oxygen atoms in total. The van der Waals surface area contributed by atoms with Gasteiger partial charge in [0.2, 0.25) is 5.91 Å². The molecule has 1 aliphatic heterocycles. The zero-order valence-electron chi connectivity index (χ0n) is 8.66. The second-order valence-electron chi connectivity index (χ2n) is 4.27. The van der Waals surface area contributed by atoms with Gasteiger partial charge in [-0.3, -0.25) is 4.79 Å². The lowest BCUT2D eigenvalue weighted by Gasteiger charge is -2.20. The smallest absolute Gasteiger partial charge is 0.242 e. The van der Waals surface area contributed by atoms with Gasteiger partial charge < -0.3 is 15.4 Å². The predicted octanol–water partition coefficient (Wildman–Crippen LogP) is 0.115. The number of carbonyl (C=O) groups is 1. The fraction of sp³-hybridized carbons (Fsp3) is 0.900. The molecule has 1 amide bonds. The first-order valence-corrected chi connectivity index (χ1v) is 5.35. The summed E-state index contributed by atoms with van der Waals surface area (Å²) in [6, 6.07) is 0. The Morgan fingerprint density at radius 2 is 2.36 bits per heavy atom. The zero-order valence-corrected chi connectivity index (χ0v) is 8.66. The highest BCUT2D eigenvalue weighted by Crippen LogP contribution is 2.35. The van der Waals surface area contributed by atoms with E-state index in [4.69, 9.17) is 10.5 Å². The van der Waals surface area contributed by atoms with E-state index in [1.54, 1.807) is 0 Å². The molecule has 1 saturated carbocycles. The number of carbonyl (C=O) groups excluding carboxylic acids is 1. The van der Waals surface area contributed by atoms with Crippen molar-refractivity contribution in [3.63, 3.8) is 0 Å². The van der Waals surface area contributed by atoms with Crippen LogP contribution in [-0.4, -0.2) is 42.1 Å². The van der Waals surface area contributed by atoms with Gasteiger partial charge in [-0.25, -0.2) is 0 Å². The average Bonchev–Trinajstić information content (AvgIpc) is 2.76. The molecule has 0 aromatic carbocycles. The van der Waals surface area contributed by atoms with Gasteiger partial charge in [-0.2, -0.15) is 0 Å². The molecule has 2 N–H and O–H groups in total. The monoisotopic (exact) mass is 198 g/mol. The molecule has 1 unspecified atom stereocenters. The van der Waals surface area contributed by atoms with Gasteiger partial charge in [0.15, 0.2) is 0 Å². The Labute approximate surface area is 84.4 Å². The minimum atomic E-state index is -0.513. The molecule has 0 aromatic heterocycles. The first kappa shape index (κ1) is 9.93. The SMILES string of the molecule is CCOC1CCN(C(=O)C2(N)CC2)C1. The Morgan fingerprint density at radius 3 is 2.93 bits per heavy atom. The summed E-state index contributed by atoms with van der Waals surface area (Å²) in [7, 11) is 0. The van der Waals surface area contributed by atoms with E-state index >= 15 is 0 Å². The average molecular weight is 198 g/mol. The van der Waals surface area contributed by atoms with Crippen molar-refractivity contribution in [3.05, 3.63) is 0 Å². The first-order valence-electron chi connectivity index (χ1n) is 5.35. The van der Waals surface area contributed by atoms with E-state index in [1.807, 2.05) is 11.8 Å². The summed E-state index contributed by atoms with van der Waals surface area (Å²) in [4.78, 5) is 13.7. The van der Waals surface area contributed by atoms with Gasteiger partial charge in [0.25, 0.3) is 0 Å². The highest BCUT2D eigenvalue weighted by molar-refractivity contribution is 5.89. The quantitative estimate of drug-likeness (QED) is 0.700. The molecular weight excluding hydrogens is 180 g/mol. The summed E-state index contributed by atoms with van der Waals surface area (Å²) in [6.07, 6.45) is 2.88. The van der Waals surface area contributed by atoms with Crippen LogP contribution in [-0.2, 0) is 9.53 Å². The van der Waals surface area contributed by atoms with Crippen molar-refractivity contribution in [2.24, 2.45) is 5.73 Å². The van der Waals surface area contributed by atoms with E-state index in [2.05, 4.69) is 0 Å². The number of hydrogen-bond donors (Lipinski definition) is 1. The Balaban J connectivity index is 1.86. The lowest BCUT2D eigenvalue weighted by Crippen LogP contribution is -2.45. The Kier molecular flexibility index (Phi) is 2.49. The van der Waals surface area contributed by atoms with Crippen molar-refractivity contribution >= 4 is 5.91 Å². The summed E-state index contributed by atoms with van der Waals surface area (Å²) in [5.74, 6) is 0.125. The van der Waals surface area contributed by atoms with Gasteiger partial charge in [0.1, 0.15) is 0 Å². The van der Waals surface area contributed by atoms with Crippen molar-refractivity contribution in [1.82, 2.24) is 4.90 Å². The van der Waals surface area contributed by atoms with E-state index in [0.29, 0.717) is 0 Å². The molecule has 14 heavy (non-hydrogen) atoms. The molecule has 0 aromatic rings. The second kappa shape index (κ2) is 3.51. The standard InChI is InChI=1S/C10H18N2O2/c1-2-14-8-3-6-12(7-8)9(13)10(11)4-5-10/h8H,2-7,11H2,1H3. The summed E-state index contributed by atoms with van der Waals surface area (Å²) in [5.41, 5.74) is 5.34. The fourth-order valence-electron chi connectivity index (χ4n) is 1.95. The molecule has 4 heteroatoms. The van der Waals surface area contributed by atoms with Crippen LogP contribution in [0, 0.1) is 0 Å². The van der Waals surface area contributed by atoms with Gasteiger partial charge in [-0.1, -0.05) is 0 Å². The molecule has 0 bridgehead atoms. The maximum Gasteiger partial charge on any atom is 0.242 e. The molecule has 1 saturated heterocycles. The predicted molar refractivity (Wildman–Crippen MR) is 52.8 cm³/mol. The molecule has 1 heterocycles. The Hall–Kier alpha value is -0.610. The number of likely N-dealkylation sites (tertiary alicyclic amines) is 1. The van der Waals surface area contributed by atoms with E-state index in [9.17, 15) is 4.79 Å². The minimum absolute atomic E-state index is 0.125. The minimum Gasteiger partial charge on any atom is -0.377 e. The molecular formula is C10H18N2O2. The molecule has 2 rings (SSSR count). The highest BCUT2D eigenvalue weighted by Gasteiger charge is 2.49. The van der Waals surface area contributed by atoms with Gasteiger partial charge in [0, 0.05) is 19.7 Å². The highest BCUT2D eigenvalue weighted by atomic mass is 16.5. The summed E-state index contributed by atoms with van der Waals surface area (Å²) in [6.45, 7) is 4.24. The fourth-order valence-corrected chi connectivity index (χ4v) is 1.95. The van der Waals surface area contributed by atoms with E-state index in [0.717, 1.165) is 39.0 Å². The molecule has 1 aliphatic carbocycles. The van der Waals surface area contributed by atoms with Crippen LogP contribution in [0.2, 0.25) is 0 Å². The number of hydrogen-bond acceptors (Lipinski definition) is 3. The van der Waals surface area contributed by atoms with Crippen LogP contribution in [0.1, 0.15) is 26.2 Å². The van der Waals surface area contributed by atoms with Crippen LogP contribution in [0.5, 0.6) is 0 Å². The second-order valence-corrected chi connectivity index (χ2v) is 4.27. The number of nitrogens with two attached hydrogens (primary N) is 1. The third-order valence-electron chi connectivity index (χ3n) is 3.05. The molecule has 2 fully saturated rings. The lowest BCUT2D eigenvalue weighted by atomic mass is 10.2. The number of amides is 1. The van der Waals surface area contributed by atoms with Gasteiger partial charge in [-0.15, -0.1) is 0 Å². The summed E-state index contributed by atoms with van der Waals surface area (Å²) >= 11 is 0. The maximum absolute atomic E-state index is 11.8. The van der Waals surface area contributed by atoms with Crippen molar-refractivity contribution in [2.75, 3.05) is 19.7 Å². The van der Waals surface area contributed by atoms with Crippen LogP contribution >= 0.6 is 0 Å². The van der Waals surface area contributed by atoms with Crippen molar-refractivity contribution in [2.45, 2.75) is 37.8 Å². The molecule has 80 valence electrons.